The Morgan fingerprint density at radius 3 is 2.70 bits per heavy atom. The second-order valence-corrected chi connectivity index (χ2v) is 6.13. The first-order valence-electron chi connectivity index (χ1n) is 6.28. The molecule has 1 aromatic carbocycles. The summed E-state index contributed by atoms with van der Waals surface area (Å²) in [5.41, 5.74) is 1.05. The Kier molecular flexibility index (Phi) is 3.37. The molecule has 0 amide bonds. The van der Waals surface area contributed by atoms with Gasteiger partial charge in [-0.25, -0.2) is 13.9 Å². The first-order valence-corrected chi connectivity index (χ1v) is 7.49. The zero-order valence-corrected chi connectivity index (χ0v) is 11.6. The lowest BCUT2D eigenvalue weighted by Crippen LogP contribution is -2.10. The highest BCUT2D eigenvalue weighted by atomic mass is 32.2. The lowest BCUT2D eigenvalue weighted by atomic mass is 10.0. The van der Waals surface area contributed by atoms with Crippen LogP contribution in [0.15, 0.2) is 35.5 Å². The Morgan fingerprint density at radius 1 is 1.35 bits per heavy atom. The van der Waals surface area contributed by atoms with Crippen LogP contribution in [0, 0.1) is 0 Å². The van der Waals surface area contributed by atoms with Crippen molar-refractivity contribution in [1.82, 2.24) is 14.8 Å². The zero-order valence-electron chi connectivity index (χ0n) is 10.7. The van der Waals surface area contributed by atoms with Crippen molar-refractivity contribution in [2.24, 2.45) is 0 Å². The van der Waals surface area contributed by atoms with Gasteiger partial charge in [0, 0.05) is 5.92 Å². The highest BCUT2D eigenvalue weighted by Crippen LogP contribution is 2.38. The average Bonchev–Trinajstić information content (AvgIpc) is 3.00. The van der Waals surface area contributed by atoms with E-state index in [9.17, 15) is 13.0 Å². The van der Waals surface area contributed by atoms with Crippen molar-refractivity contribution in [3.63, 3.8) is 0 Å². The van der Waals surface area contributed by atoms with Crippen LogP contribution in [0.4, 0.5) is 8.78 Å². The number of nitrogens with zero attached hydrogens (tertiary/aromatic N) is 3. The summed E-state index contributed by atoms with van der Waals surface area (Å²) in [5, 5.41) is 3.77. The van der Waals surface area contributed by atoms with Gasteiger partial charge in [0.05, 0.1) is 6.04 Å². The van der Waals surface area contributed by atoms with Crippen molar-refractivity contribution in [2.45, 2.75) is 36.2 Å². The summed E-state index contributed by atoms with van der Waals surface area (Å²) >= 11 is 0. The van der Waals surface area contributed by atoms with E-state index in [-0.39, 0.29) is 17.1 Å². The highest BCUT2D eigenvalue weighted by Gasteiger charge is 2.34. The van der Waals surface area contributed by atoms with Gasteiger partial charge in [0.15, 0.2) is 10.8 Å². The zero-order chi connectivity index (χ0) is 14.3. The SMILES string of the molecule is C[C@H]1C[C@@H](c2ccccc2)n2nc(S(=O)C(F)F)nc21. The number of benzene rings is 1. The summed E-state index contributed by atoms with van der Waals surface area (Å²) in [6.07, 6.45) is 0.820. The van der Waals surface area contributed by atoms with Gasteiger partial charge in [-0.1, -0.05) is 37.3 Å². The number of alkyl halides is 2. The van der Waals surface area contributed by atoms with Crippen molar-refractivity contribution in [2.75, 3.05) is 0 Å². The quantitative estimate of drug-likeness (QED) is 0.875. The largest absolute Gasteiger partial charge is 0.319 e. The van der Waals surface area contributed by atoms with E-state index in [1.807, 2.05) is 37.3 Å². The number of hydrogen-bond acceptors (Lipinski definition) is 3. The smallest absolute Gasteiger partial charge is 0.245 e. The minimum atomic E-state index is -2.95. The highest BCUT2D eigenvalue weighted by molar-refractivity contribution is 7.85. The summed E-state index contributed by atoms with van der Waals surface area (Å²) < 4.78 is 38.1. The van der Waals surface area contributed by atoms with Crippen LogP contribution in [0.25, 0.3) is 0 Å². The number of halogens is 2. The van der Waals surface area contributed by atoms with E-state index in [4.69, 9.17) is 0 Å². The predicted octanol–water partition coefficient (Wildman–Crippen LogP) is 2.70. The molecule has 0 bridgehead atoms. The molecule has 1 aliphatic rings. The minimum absolute atomic E-state index is 0.0304. The maximum atomic E-state index is 12.5. The normalized spacial score (nSPS) is 23.0. The first-order chi connectivity index (χ1) is 9.58. The summed E-state index contributed by atoms with van der Waals surface area (Å²) in [7, 11) is -2.45. The first kappa shape index (κ1) is 13.4. The fraction of sp³-hybridized carbons (Fsp3) is 0.385. The van der Waals surface area contributed by atoms with Crippen LogP contribution in [0.3, 0.4) is 0 Å². The number of hydrogen-bond donors (Lipinski definition) is 0. The molecule has 0 spiro atoms. The van der Waals surface area contributed by atoms with Gasteiger partial charge in [0.2, 0.25) is 5.16 Å². The van der Waals surface area contributed by atoms with Gasteiger partial charge in [-0.3, -0.25) is 0 Å². The van der Waals surface area contributed by atoms with Crippen molar-refractivity contribution in [3.8, 4) is 0 Å². The van der Waals surface area contributed by atoms with Gasteiger partial charge >= 0.3 is 5.76 Å². The second kappa shape index (κ2) is 5.05. The Hall–Kier alpha value is -1.63. The monoisotopic (exact) mass is 297 g/mol. The van der Waals surface area contributed by atoms with Gasteiger partial charge in [-0.2, -0.15) is 8.78 Å². The molecule has 0 fully saturated rings. The molecule has 0 radical (unpaired) electrons. The van der Waals surface area contributed by atoms with Crippen LogP contribution >= 0.6 is 0 Å². The molecule has 3 rings (SSSR count). The van der Waals surface area contributed by atoms with Crippen molar-refractivity contribution in [3.05, 3.63) is 41.7 Å². The maximum Gasteiger partial charge on any atom is 0.319 e. The maximum absolute atomic E-state index is 12.5. The molecule has 2 aromatic rings. The third-order valence-corrected chi connectivity index (χ3v) is 4.33. The number of aromatic nitrogens is 3. The number of rotatable bonds is 3. The fourth-order valence-corrected chi connectivity index (χ4v) is 3.05. The van der Waals surface area contributed by atoms with Crippen LogP contribution in [0.2, 0.25) is 0 Å². The molecular formula is C13H13F2N3OS. The van der Waals surface area contributed by atoms with Gasteiger partial charge in [-0.05, 0) is 12.0 Å². The standard InChI is InChI=1S/C13H13F2N3OS/c1-8-7-10(9-5-3-2-4-6-9)18-11(8)16-13(17-18)20(19)12(14)15/h2-6,8,10,12H,7H2,1H3/t8-,10-,20?/m0/s1. The molecule has 106 valence electrons. The molecule has 20 heavy (non-hydrogen) atoms. The Balaban J connectivity index is 2.00. The molecule has 1 aromatic heterocycles. The van der Waals surface area contributed by atoms with Crippen LogP contribution in [-0.2, 0) is 10.8 Å². The van der Waals surface area contributed by atoms with Crippen molar-refractivity contribution >= 4 is 10.8 Å². The van der Waals surface area contributed by atoms with Crippen molar-refractivity contribution < 1.29 is 13.0 Å². The Labute approximate surface area is 117 Å². The van der Waals surface area contributed by atoms with E-state index in [1.165, 1.54) is 0 Å². The Morgan fingerprint density at radius 2 is 2.05 bits per heavy atom. The van der Waals surface area contributed by atoms with Crippen LogP contribution in [0.5, 0.6) is 0 Å². The van der Waals surface area contributed by atoms with E-state index < -0.39 is 16.6 Å². The van der Waals surface area contributed by atoms with E-state index in [0.717, 1.165) is 12.0 Å². The fourth-order valence-electron chi connectivity index (χ4n) is 2.54. The molecule has 3 atom stereocenters. The molecule has 0 aliphatic carbocycles. The molecule has 2 heterocycles. The molecule has 0 saturated carbocycles. The van der Waals surface area contributed by atoms with E-state index in [0.29, 0.717) is 5.82 Å². The van der Waals surface area contributed by atoms with E-state index in [1.54, 1.807) is 4.68 Å². The van der Waals surface area contributed by atoms with Gasteiger partial charge in [-0.15, -0.1) is 5.10 Å². The van der Waals surface area contributed by atoms with Crippen LogP contribution < -0.4 is 0 Å². The molecule has 1 aliphatic heterocycles. The van der Waals surface area contributed by atoms with Gasteiger partial charge in [0.25, 0.3) is 0 Å². The van der Waals surface area contributed by atoms with Gasteiger partial charge in [0.1, 0.15) is 5.82 Å². The third kappa shape index (κ3) is 2.15. The molecule has 0 N–H and O–H groups in total. The third-order valence-electron chi connectivity index (χ3n) is 3.48. The molecule has 4 nitrogen and oxygen atoms in total. The average molecular weight is 297 g/mol. The summed E-state index contributed by atoms with van der Waals surface area (Å²) in [5.74, 6) is -2.22. The molecule has 7 heteroatoms. The van der Waals surface area contributed by atoms with Crippen LogP contribution in [0.1, 0.15) is 36.7 Å². The van der Waals surface area contributed by atoms with Crippen molar-refractivity contribution in [1.29, 1.82) is 0 Å². The summed E-state index contributed by atoms with van der Waals surface area (Å²) in [4.78, 5) is 4.04. The Bertz CT molecular complexity index is 644. The van der Waals surface area contributed by atoms with Gasteiger partial charge < -0.3 is 0 Å². The molecule has 0 saturated heterocycles. The summed E-state index contributed by atoms with van der Waals surface area (Å²) in [6.45, 7) is 1.97. The minimum Gasteiger partial charge on any atom is -0.245 e. The van der Waals surface area contributed by atoms with Crippen LogP contribution in [-0.4, -0.2) is 24.7 Å². The topological polar surface area (TPSA) is 47.8 Å². The number of fused-ring (bicyclic) bond motifs is 1. The summed E-state index contributed by atoms with van der Waals surface area (Å²) in [6, 6.07) is 9.68. The second-order valence-electron chi connectivity index (χ2n) is 4.82. The molecular weight excluding hydrogens is 284 g/mol. The van der Waals surface area contributed by atoms with E-state index in [2.05, 4.69) is 10.1 Å². The lowest BCUT2D eigenvalue weighted by molar-refractivity contribution is 0.243. The molecule has 1 unspecified atom stereocenters. The lowest BCUT2D eigenvalue weighted by Gasteiger charge is -2.11. The predicted molar refractivity (Wildman–Crippen MR) is 70.0 cm³/mol. The van der Waals surface area contributed by atoms with E-state index >= 15 is 0 Å².